The van der Waals surface area contributed by atoms with E-state index in [-0.39, 0.29) is 35.5 Å². The lowest BCUT2D eigenvalue weighted by molar-refractivity contribution is 0.0241. The zero-order valence-corrected chi connectivity index (χ0v) is 17.8. The molecule has 0 aliphatic rings. The predicted octanol–water partition coefficient (Wildman–Crippen LogP) is 2.68. The molecule has 0 aromatic carbocycles. The molecule has 1 aromatic heterocycles. The molecule has 1 aromatic rings. The third-order valence-electron chi connectivity index (χ3n) is 3.51. The Bertz CT molecular complexity index is 444. The van der Waals surface area contributed by atoms with Gasteiger partial charge in [-0.3, -0.25) is 4.99 Å². The van der Waals surface area contributed by atoms with Crippen molar-refractivity contribution < 1.29 is 13.9 Å². The quantitative estimate of drug-likeness (QED) is 0.261. The van der Waals surface area contributed by atoms with Gasteiger partial charge in [-0.05, 0) is 17.5 Å². The molecule has 0 spiro atoms. The number of hydrogen-bond donors (Lipinski definition) is 2. The van der Waals surface area contributed by atoms with Gasteiger partial charge in [-0.2, -0.15) is 0 Å². The number of aliphatic imine (C=N–C) groups is 1. The molecule has 24 heavy (non-hydrogen) atoms. The van der Waals surface area contributed by atoms with Crippen LogP contribution in [0, 0.1) is 5.41 Å². The zero-order chi connectivity index (χ0) is 17.1. The molecule has 1 atom stereocenters. The highest BCUT2D eigenvalue weighted by molar-refractivity contribution is 14.0. The summed E-state index contributed by atoms with van der Waals surface area (Å²) >= 11 is 0. The van der Waals surface area contributed by atoms with Crippen LogP contribution in [-0.4, -0.2) is 52.5 Å². The second-order valence-electron chi connectivity index (χ2n) is 6.46. The third-order valence-corrected chi connectivity index (χ3v) is 3.51. The van der Waals surface area contributed by atoms with Crippen molar-refractivity contribution in [2.45, 2.75) is 33.3 Å². The van der Waals surface area contributed by atoms with E-state index in [4.69, 9.17) is 13.9 Å². The molecule has 0 amide bonds. The molecule has 140 valence electrons. The topological polar surface area (TPSA) is 68.0 Å². The average Bonchev–Trinajstić information content (AvgIpc) is 2.99. The van der Waals surface area contributed by atoms with E-state index in [1.807, 2.05) is 12.1 Å². The highest BCUT2D eigenvalue weighted by atomic mass is 127. The normalized spacial score (nSPS) is 13.3. The van der Waals surface area contributed by atoms with Crippen molar-refractivity contribution in [1.29, 1.82) is 0 Å². The minimum Gasteiger partial charge on any atom is -0.469 e. The van der Waals surface area contributed by atoms with Gasteiger partial charge in [-0.15, -0.1) is 24.0 Å². The van der Waals surface area contributed by atoms with Crippen molar-refractivity contribution in [2.75, 3.05) is 40.5 Å². The Hall–Kier alpha value is -0.800. The smallest absolute Gasteiger partial charge is 0.191 e. The molecule has 0 aliphatic heterocycles. The van der Waals surface area contributed by atoms with Gasteiger partial charge in [0.05, 0.1) is 25.5 Å². The third kappa shape index (κ3) is 9.48. The minimum atomic E-state index is 0. The summed E-state index contributed by atoms with van der Waals surface area (Å²) < 4.78 is 16.0. The highest BCUT2D eigenvalue weighted by Gasteiger charge is 2.24. The second kappa shape index (κ2) is 12.5. The molecule has 7 heteroatoms. The SMILES string of the molecule is COCCNC(=NCC(OC)C(C)(C)C)NCCc1ccco1.I. The van der Waals surface area contributed by atoms with Crippen molar-refractivity contribution in [3.8, 4) is 0 Å². The van der Waals surface area contributed by atoms with Crippen LogP contribution in [0.5, 0.6) is 0 Å². The first-order valence-corrected chi connectivity index (χ1v) is 8.03. The Morgan fingerprint density at radius 2 is 1.96 bits per heavy atom. The van der Waals surface area contributed by atoms with E-state index >= 15 is 0 Å². The van der Waals surface area contributed by atoms with Crippen LogP contribution in [0.4, 0.5) is 0 Å². The van der Waals surface area contributed by atoms with Crippen molar-refractivity contribution in [3.63, 3.8) is 0 Å². The van der Waals surface area contributed by atoms with Gasteiger partial charge >= 0.3 is 0 Å². The van der Waals surface area contributed by atoms with Crippen LogP contribution in [0.3, 0.4) is 0 Å². The lowest BCUT2D eigenvalue weighted by Gasteiger charge is -2.28. The molecule has 0 saturated heterocycles. The van der Waals surface area contributed by atoms with E-state index in [1.54, 1.807) is 20.5 Å². The number of ether oxygens (including phenoxy) is 2. The van der Waals surface area contributed by atoms with Gasteiger partial charge in [0.15, 0.2) is 5.96 Å². The van der Waals surface area contributed by atoms with Crippen LogP contribution < -0.4 is 10.6 Å². The largest absolute Gasteiger partial charge is 0.469 e. The fourth-order valence-electron chi connectivity index (χ4n) is 2.08. The van der Waals surface area contributed by atoms with Gasteiger partial charge in [-0.1, -0.05) is 20.8 Å². The number of methoxy groups -OCH3 is 2. The molecule has 0 bridgehead atoms. The van der Waals surface area contributed by atoms with Gasteiger partial charge < -0.3 is 24.5 Å². The molecule has 0 radical (unpaired) electrons. The summed E-state index contributed by atoms with van der Waals surface area (Å²) in [6, 6.07) is 3.87. The van der Waals surface area contributed by atoms with Crippen LogP contribution in [0.15, 0.2) is 27.8 Å². The number of nitrogens with one attached hydrogen (secondary N) is 2. The Morgan fingerprint density at radius 3 is 2.50 bits per heavy atom. The predicted molar refractivity (Wildman–Crippen MR) is 108 cm³/mol. The van der Waals surface area contributed by atoms with Crippen molar-refractivity contribution in [2.24, 2.45) is 10.4 Å². The number of halogens is 1. The summed E-state index contributed by atoms with van der Waals surface area (Å²) in [5, 5.41) is 6.57. The average molecular weight is 453 g/mol. The molecule has 1 heterocycles. The first-order valence-electron chi connectivity index (χ1n) is 8.03. The monoisotopic (exact) mass is 453 g/mol. The molecule has 2 N–H and O–H groups in total. The van der Waals surface area contributed by atoms with Crippen molar-refractivity contribution >= 4 is 29.9 Å². The molecular weight excluding hydrogens is 421 g/mol. The first kappa shape index (κ1) is 23.2. The summed E-state index contributed by atoms with van der Waals surface area (Å²) in [5.74, 6) is 1.72. The number of guanidine groups is 1. The van der Waals surface area contributed by atoms with Gasteiger partial charge in [0.2, 0.25) is 0 Å². The van der Waals surface area contributed by atoms with E-state index in [2.05, 4.69) is 36.4 Å². The molecule has 0 aliphatic carbocycles. The van der Waals surface area contributed by atoms with Crippen LogP contribution in [-0.2, 0) is 15.9 Å². The van der Waals surface area contributed by atoms with Gasteiger partial charge in [-0.25, -0.2) is 0 Å². The number of rotatable bonds is 9. The Morgan fingerprint density at radius 1 is 1.25 bits per heavy atom. The number of nitrogens with zero attached hydrogens (tertiary/aromatic N) is 1. The standard InChI is InChI=1S/C17H31N3O3.HI/c1-17(2,3)15(22-5)13-20-16(19-10-12-21-4)18-9-8-14-7-6-11-23-14;/h6-7,11,15H,8-10,12-13H2,1-5H3,(H2,18,19,20);1H. The number of furan rings is 1. The summed E-state index contributed by atoms with van der Waals surface area (Å²) in [6.07, 6.45) is 2.56. The van der Waals surface area contributed by atoms with E-state index in [0.717, 1.165) is 24.7 Å². The van der Waals surface area contributed by atoms with E-state index < -0.39 is 0 Å². The van der Waals surface area contributed by atoms with Crippen molar-refractivity contribution in [3.05, 3.63) is 24.2 Å². The van der Waals surface area contributed by atoms with Crippen LogP contribution >= 0.6 is 24.0 Å². The summed E-state index contributed by atoms with van der Waals surface area (Å²) in [7, 11) is 3.41. The lowest BCUT2D eigenvalue weighted by Crippen LogP contribution is -2.41. The lowest BCUT2D eigenvalue weighted by atomic mass is 9.89. The van der Waals surface area contributed by atoms with Gasteiger partial charge in [0.25, 0.3) is 0 Å². The van der Waals surface area contributed by atoms with Gasteiger partial charge in [0.1, 0.15) is 5.76 Å². The summed E-state index contributed by atoms with van der Waals surface area (Å²) in [5.41, 5.74) is 0.0457. The van der Waals surface area contributed by atoms with E-state index in [9.17, 15) is 0 Å². The van der Waals surface area contributed by atoms with E-state index in [0.29, 0.717) is 19.7 Å². The Kier molecular flexibility index (Phi) is 12.1. The maximum atomic E-state index is 5.55. The molecule has 1 rings (SSSR count). The zero-order valence-electron chi connectivity index (χ0n) is 15.4. The van der Waals surface area contributed by atoms with Crippen LogP contribution in [0.25, 0.3) is 0 Å². The van der Waals surface area contributed by atoms with Crippen LogP contribution in [0.1, 0.15) is 26.5 Å². The van der Waals surface area contributed by atoms with Crippen molar-refractivity contribution in [1.82, 2.24) is 10.6 Å². The first-order chi connectivity index (χ1) is 11.0. The molecule has 0 fully saturated rings. The van der Waals surface area contributed by atoms with Crippen LogP contribution in [0.2, 0.25) is 0 Å². The molecular formula is C17H32IN3O3. The van der Waals surface area contributed by atoms with Gasteiger partial charge in [0, 0.05) is 33.7 Å². The maximum Gasteiger partial charge on any atom is 0.191 e. The fraction of sp³-hybridized carbons (Fsp3) is 0.706. The molecule has 1 unspecified atom stereocenters. The van der Waals surface area contributed by atoms with E-state index in [1.165, 1.54) is 0 Å². The second-order valence-corrected chi connectivity index (χ2v) is 6.46. The fourth-order valence-corrected chi connectivity index (χ4v) is 2.08. The Balaban J connectivity index is 0.00000529. The summed E-state index contributed by atoms with van der Waals surface area (Å²) in [4.78, 5) is 4.64. The molecule has 6 nitrogen and oxygen atoms in total. The maximum absolute atomic E-state index is 5.55. The summed E-state index contributed by atoms with van der Waals surface area (Å²) in [6.45, 7) is 9.14. The Labute approximate surface area is 162 Å². The minimum absolute atomic E-state index is 0. The molecule has 0 saturated carbocycles. The number of hydrogen-bond acceptors (Lipinski definition) is 4. The highest BCUT2D eigenvalue weighted by Crippen LogP contribution is 2.21.